The summed E-state index contributed by atoms with van der Waals surface area (Å²) in [5.41, 5.74) is 3.05. The maximum absolute atomic E-state index is 9.14. The van der Waals surface area contributed by atoms with E-state index in [1.165, 1.54) is 5.69 Å². The van der Waals surface area contributed by atoms with E-state index in [4.69, 9.17) is 5.26 Å². The molecule has 0 fully saturated rings. The molecule has 0 saturated carbocycles. The quantitative estimate of drug-likeness (QED) is 0.889. The number of benzene rings is 1. The molecule has 0 radical (unpaired) electrons. The molecule has 98 valence electrons. The number of nitrogens with one attached hydrogen (secondary N) is 1. The van der Waals surface area contributed by atoms with Crippen molar-refractivity contribution in [2.75, 3.05) is 6.54 Å². The van der Waals surface area contributed by atoms with E-state index in [1.54, 1.807) is 0 Å². The molecule has 0 amide bonds. The summed E-state index contributed by atoms with van der Waals surface area (Å²) < 4.78 is 2.20. The lowest BCUT2D eigenvalue weighted by Gasteiger charge is -2.16. The Kier molecular flexibility index (Phi) is 4.38. The zero-order chi connectivity index (χ0) is 13.7. The van der Waals surface area contributed by atoms with E-state index in [0.29, 0.717) is 6.04 Å². The van der Waals surface area contributed by atoms with Gasteiger partial charge in [-0.2, -0.15) is 5.26 Å². The predicted octanol–water partition coefficient (Wildman–Crippen LogP) is 3.08. The number of hydrogen-bond donors (Lipinski definition) is 1. The van der Waals surface area contributed by atoms with Gasteiger partial charge < -0.3 is 9.88 Å². The zero-order valence-corrected chi connectivity index (χ0v) is 11.4. The van der Waals surface area contributed by atoms with Gasteiger partial charge in [0.2, 0.25) is 0 Å². The van der Waals surface area contributed by atoms with Crippen molar-refractivity contribution in [2.45, 2.75) is 26.4 Å². The molecule has 0 spiro atoms. The lowest BCUT2D eigenvalue weighted by molar-refractivity contribution is 0.553. The smallest absolute Gasteiger partial charge is 0.0995 e. The van der Waals surface area contributed by atoms with Crippen molar-refractivity contribution >= 4 is 0 Å². The van der Waals surface area contributed by atoms with Crippen LogP contribution in [0.3, 0.4) is 0 Å². The third-order valence-corrected chi connectivity index (χ3v) is 3.30. The number of aromatic nitrogens is 1. The van der Waals surface area contributed by atoms with Crippen molar-refractivity contribution in [1.82, 2.24) is 9.88 Å². The molecule has 0 saturated heterocycles. The van der Waals surface area contributed by atoms with Crippen molar-refractivity contribution in [2.24, 2.45) is 0 Å². The normalized spacial score (nSPS) is 12.1. The van der Waals surface area contributed by atoms with Gasteiger partial charge in [-0.3, -0.25) is 0 Å². The molecule has 2 aromatic rings. The standard InChI is InChI=1S/C16H19N3/c1-3-18-13(2)16-9-6-10-19(16)12-15-8-5-4-7-14(15)11-17/h4-10,13,18H,3,12H2,1-2H3. The van der Waals surface area contributed by atoms with Crippen molar-refractivity contribution in [3.63, 3.8) is 0 Å². The summed E-state index contributed by atoms with van der Waals surface area (Å²) in [6, 6.07) is 14.5. The van der Waals surface area contributed by atoms with Crippen LogP contribution in [0.5, 0.6) is 0 Å². The summed E-state index contributed by atoms with van der Waals surface area (Å²) in [6.45, 7) is 5.95. The zero-order valence-electron chi connectivity index (χ0n) is 11.4. The molecule has 2 rings (SSSR count). The lowest BCUT2D eigenvalue weighted by Crippen LogP contribution is -2.21. The first-order valence-corrected chi connectivity index (χ1v) is 6.62. The summed E-state index contributed by atoms with van der Waals surface area (Å²) in [5, 5.41) is 12.6. The first-order chi connectivity index (χ1) is 9.26. The fourth-order valence-corrected chi connectivity index (χ4v) is 2.33. The van der Waals surface area contributed by atoms with Crippen LogP contribution in [0.1, 0.15) is 36.7 Å². The number of nitriles is 1. The number of rotatable bonds is 5. The Morgan fingerprint density at radius 1 is 1.26 bits per heavy atom. The predicted molar refractivity (Wildman–Crippen MR) is 76.8 cm³/mol. The number of hydrogen-bond acceptors (Lipinski definition) is 2. The monoisotopic (exact) mass is 253 g/mol. The molecule has 1 heterocycles. The van der Waals surface area contributed by atoms with Gasteiger partial charge in [-0.15, -0.1) is 0 Å². The van der Waals surface area contributed by atoms with Gasteiger partial charge in [-0.05, 0) is 37.2 Å². The first kappa shape index (κ1) is 13.4. The van der Waals surface area contributed by atoms with Crippen molar-refractivity contribution in [3.05, 3.63) is 59.4 Å². The van der Waals surface area contributed by atoms with Gasteiger partial charge in [0.05, 0.1) is 11.6 Å². The molecule has 0 aliphatic heterocycles. The largest absolute Gasteiger partial charge is 0.346 e. The summed E-state index contributed by atoms with van der Waals surface area (Å²) in [5.74, 6) is 0. The highest BCUT2D eigenvalue weighted by molar-refractivity contribution is 5.37. The molecule has 0 aliphatic rings. The van der Waals surface area contributed by atoms with Crippen LogP contribution in [0.2, 0.25) is 0 Å². The third kappa shape index (κ3) is 3.04. The van der Waals surface area contributed by atoms with Crippen LogP contribution >= 0.6 is 0 Å². The molecule has 1 atom stereocenters. The van der Waals surface area contributed by atoms with Crippen LogP contribution < -0.4 is 5.32 Å². The Labute approximate surface area is 114 Å². The topological polar surface area (TPSA) is 40.8 Å². The minimum absolute atomic E-state index is 0.314. The van der Waals surface area contributed by atoms with Crippen molar-refractivity contribution < 1.29 is 0 Å². The third-order valence-electron chi connectivity index (χ3n) is 3.30. The van der Waals surface area contributed by atoms with E-state index < -0.39 is 0 Å². The van der Waals surface area contributed by atoms with Gasteiger partial charge in [0.15, 0.2) is 0 Å². The summed E-state index contributed by atoms with van der Waals surface area (Å²) in [7, 11) is 0. The molecule has 1 unspecified atom stereocenters. The Morgan fingerprint density at radius 2 is 2.05 bits per heavy atom. The first-order valence-electron chi connectivity index (χ1n) is 6.62. The summed E-state index contributed by atoms with van der Waals surface area (Å²) >= 11 is 0. The van der Waals surface area contributed by atoms with E-state index in [-0.39, 0.29) is 0 Å². The highest BCUT2D eigenvalue weighted by Crippen LogP contribution is 2.17. The van der Waals surface area contributed by atoms with Crippen molar-refractivity contribution in [1.29, 1.82) is 5.26 Å². The second-order valence-electron chi connectivity index (χ2n) is 4.61. The van der Waals surface area contributed by atoms with Crippen molar-refractivity contribution in [3.8, 4) is 6.07 Å². The Bertz CT molecular complexity index is 578. The Hall–Kier alpha value is -2.05. The molecule has 0 bridgehead atoms. The molecular formula is C16H19N3. The average molecular weight is 253 g/mol. The highest BCUT2D eigenvalue weighted by atomic mass is 15.0. The second-order valence-corrected chi connectivity index (χ2v) is 4.61. The average Bonchev–Trinajstić information content (AvgIpc) is 2.88. The van der Waals surface area contributed by atoms with E-state index in [2.05, 4.69) is 48.1 Å². The number of nitrogens with zero attached hydrogens (tertiary/aromatic N) is 2. The summed E-state index contributed by atoms with van der Waals surface area (Å²) in [6.07, 6.45) is 2.07. The highest BCUT2D eigenvalue weighted by Gasteiger charge is 2.10. The van der Waals surface area contributed by atoms with Gasteiger partial charge in [0, 0.05) is 24.5 Å². The maximum Gasteiger partial charge on any atom is 0.0995 e. The Morgan fingerprint density at radius 3 is 2.79 bits per heavy atom. The SMILES string of the molecule is CCNC(C)c1cccn1Cc1ccccc1C#N. The van der Waals surface area contributed by atoms with E-state index in [0.717, 1.165) is 24.2 Å². The molecule has 0 aliphatic carbocycles. The van der Waals surface area contributed by atoms with Gasteiger partial charge >= 0.3 is 0 Å². The van der Waals surface area contributed by atoms with Crippen LogP contribution in [-0.4, -0.2) is 11.1 Å². The fourth-order valence-electron chi connectivity index (χ4n) is 2.33. The molecule has 3 nitrogen and oxygen atoms in total. The van der Waals surface area contributed by atoms with Crippen LogP contribution in [0, 0.1) is 11.3 Å². The van der Waals surface area contributed by atoms with Crippen LogP contribution in [0.15, 0.2) is 42.6 Å². The van der Waals surface area contributed by atoms with E-state index in [9.17, 15) is 0 Å². The second kappa shape index (κ2) is 6.21. The minimum Gasteiger partial charge on any atom is -0.346 e. The van der Waals surface area contributed by atoms with Gasteiger partial charge in [0.25, 0.3) is 0 Å². The van der Waals surface area contributed by atoms with Gasteiger partial charge in [-0.25, -0.2) is 0 Å². The molecular weight excluding hydrogens is 234 g/mol. The van der Waals surface area contributed by atoms with Crippen LogP contribution in [0.4, 0.5) is 0 Å². The molecule has 1 aromatic heterocycles. The molecule has 19 heavy (non-hydrogen) atoms. The molecule has 1 N–H and O–H groups in total. The minimum atomic E-state index is 0.314. The van der Waals surface area contributed by atoms with E-state index >= 15 is 0 Å². The van der Waals surface area contributed by atoms with Crippen LogP contribution in [0.25, 0.3) is 0 Å². The van der Waals surface area contributed by atoms with E-state index in [1.807, 2.05) is 24.3 Å². The lowest BCUT2D eigenvalue weighted by atomic mass is 10.1. The van der Waals surface area contributed by atoms with Crippen LogP contribution in [-0.2, 0) is 6.54 Å². The molecule has 1 aromatic carbocycles. The Balaban J connectivity index is 2.25. The van der Waals surface area contributed by atoms with Gasteiger partial charge in [-0.1, -0.05) is 25.1 Å². The fraction of sp³-hybridized carbons (Fsp3) is 0.312. The van der Waals surface area contributed by atoms with Gasteiger partial charge in [0.1, 0.15) is 0 Å². The summed E-state index contributed by atoms with van der Waals surface area (Å²) in [4.78, 5) is 0. The molecule has 3 heteroatoms. The maximum atomic E-state index is 9.14.